The smallest absolute Gasteiger partial charge is 0.477 e. The summed E-state index contributed by atoms with van der Waals surface area (Å²) in [4.78, 5) is 8.69. The fourth-order valence-corrected chi connectivity index (χ4v) is 4.96. The number of rotatable bonds is 8. The maximum atomic E-state index is 12.7. The molecule has 8 nitrogen and oxygen atoms in total. The summed E-state index contributed by atoms with van der Waals surface area (Å²) in [6, 6.07) is -1.36. The van der Waals surface area contributed by atoms with Crippen LogP contribution >= 0.6 is 0 Å². The summed E-state index contributed by atoms with van der Waals surface area (Å²) in [5, 5.41) is 3.08. The first-order valence-electron chi connectivity index (χ1n) is 10.6. The van der Waals surface area contributed by atoms with Crippen LogP contribution < -0.4 is 14.8 Å². The zero-order valence-electron chi connectivity index (χ0n) is 17.4. The molecule has 1 aliphatic heterocycles. The molecule has 12 heteroatoms. The summed E-state index contributed by atoms with van der Waals surface area (Å²) in [7, 11) is -5.39. The first-order chi connectivity index (χ1) is 14.7. The summed E-state index contributed by atoms with van der Waals surface area (Å²) in [5.41, 5.74) is -4.48. The fraction of sp³-hybridized carbons (Fsp3) is 0.789. The number of aromatic nitrogens is 2. The molecule has 0 unspecified atom stereocenters. The lowest BCUT2D eigenvalue weighted by Gasteiger charge is -2.35. The monoisotopic (exact) mass is 466 g/mol. The van der Waals surface area contributed by atoms with Crippen molar-refractivity contribution in [3.63, 3.8) is 0 Å². The lowest BCUT2D eigenvalue weighted by Crippen LogP contribution is -2.57. The Kier molecular flexibility index (Phi) is 8.11. The Morgan fingerprint density at radius 3 is 2.55 bits per heavy atom. The number of hydrogen-bond acceptors (Lipinski definition) is 7. The minimum atomic E-state index is -5.39. The molecule has 2 fully saturated rings. The van der Waals surface area contributed by atoms with Gasteiger partial charge in [0.05, 0.1) is 19.3 Å². The van der Waals surface area contributed by atoms with E-state index in [1.165, 1.54) is 0 Å². The Hall–Kier alpha value is -1.50. The molecule has 2 heterocycles. The van der Waals surface area contributed by atoms with Gasteiger partial charge in [-0.1, -0.05) is 0 Å². The van der Waals surface area contributed by atoms with Crippen molar-refractivity contribution in [2.45, 2.75) is 75.1 Å². The molecule has 2 N–H and O–H groups in total. The van der Waals surface area contributed by atoms with Crippen LogP contribution in [0.25, 0.3) is 0 Å². The molecule has 176 valence electrons. The lowest BCUT2D eigenvalue weighted by atomic mass is 9.85. The third-order valence-electron chi connectivity index (χ3n) is 5.74. The fourth-order valence-electron chi connectivity index (χ4n) is 4.14. The number of alkyl halides is 3. The zero-order valence-corrected chi connectivity index (χ0v) is 18.2. The summed E-state index contributed by atoms with van der Waals surface area (Å²) in [6.07, 6.45) is 7.37. The Labute approximate surface area is 180 Å². The van der Waals surface area contributed by atoms with Crippen molar-refractivity contribution in [3.05, 3.63) is 18.1 Å². The van der Waals surface area contributed by atoms with Crippen LogP contribution in [0.4, 0.5) is 13.2 Å². The second-order valence-corrected chi connectivity index (χ2v) is 9.57. The maximum absolute atomic E-state index is 12.7. The number of hydrogen-bond donors (Lipinski definition) is 2. The van der Waals surface area contributed by atoms with Crippen molar-refractivity contribution in [2.24, 2.45) is 0 Å². The molecule has 1 saturated carbocycles. The number of piperidine rings is 1. The summed E-state index contributed by atoms with van der Waals surface area (Å²) >= 11 is 0. The minimum absolute atomic E-state index is 0.0351. The Morgan fingerprint density at radius 2 is 1.87 bits per heavy atom. The van der Waals surface area contributed by atoms with Crippen LogP contribution in [0.1, 0.15) is 57.1 Å². The highest BCUT2D eigenvalue weighted by Gasteiger charge is 2.47. The molecular weight excluding hydrogens is 437 g/mol. The summed E-state index contributed by atoms with van der Waals surface area (Å²) in [6.45, 7) is 3.16. The molecule has 2 aliphatic rings. The largest absolute Gasteiger partial charge is 0.511 e. The van der Waals surface area contributed by atoms with Crippen molar-refractivity contribution in [1.29, 1.82) is 0 Å². The molecule has 0 amide bonds. The van der Waals surface area contributed by atoms with E-state index in [1.54, 1.807) is 17.1 Å². The first-order valence-corrected chi connectivity index (χ1v) is 12.1. The van der Waals surface area contributed by atoms with Gasteiger partial charge in [-0.05, 0) is 52.0 Å². The Balaban J connectivity index is 1.51. The van der Waals surface area contributed by atoms with Crippen LogP contribution in [0.3, 0.4) is 0 Å². The van der Waals surface area contributed by atoms with Gasteiger partial charge in [-0.25, -0.2) is 18.1 Å². The summed E-state index contributed by atoms with van der Waals surface area (Å²) in [5.74, 6) is 0.773. The van der Waals surface area contributed by atoms with Crippen LogP contribution in [0.15, 0.2) is 12.4 Å². The van der Waals surface area contributed by atoms with Gasteiger partial charge in [0, 0.05) is 30.4 Å². The van der Waals surface area contributed by atoms with Gasteiger partial charge in [0.1, 0.15) is 5.69 Å². The molecule has 1 aromatic heterocycles. The summed E-state index contributed by atoms with van der Waals surface area (Å²) < 4.78 is 74.5. The van der Waals surface area contributed by atoms with Crippen LogP contribution in [0.5, 0.6) is 5.88 Å². The van der Waals surface area contributed by atoms with Gasteiger partial charge in [0.15, 0.2) is 0 Å². The zero-order chi connectivity index (χ0) is 22.5. The van der Waals surface area contributed by atoms with E-state index in [-0.39, 0.29) is 18.6 Å². The molecule has 1 aromatic rings. The number of nitrogens with one attached hydrogen (secondary N) is 2. The second kappa shape index (κ2) is 10.4. The average Bonchev–Trinajstić information content (AvgIpc) is 2.73. The van der Waals surface area contributed by atoms with Gasteiger partial charge in [-0.2, -0.15) is 13.2 Å². The number of nitrogens with zero attached hydrogens (tertiary/aromatic N) is 2. The first kappa shape index (κ1) is 24.1. The number of ether oxygens (including phenoxy) is 2. The van der Waals surface area contributed by atoms with E-state index >= 15 is 0 Å². The third kappa shape index (κ3) is 6.27. The lowest BCUT2D eigenvalue weighted by molar-refractivity contribution is -0.0457. The third-order valence-corrected chi connectivity index (χ3v) is 6.96. The van der Waals surface area contributed by atoms with Crippen molar-refractivity contribution < 1.29 is 31.1 Å². The van der Waals surface area contributed by atoms with Crippen molar-refractivity contribution in [1.82, 2.24) is 20.0 Å². The molecular formula is C19H29F3N4O4S. The van der Waals surface area contributed by atoms with E-state index in [4.69, 9.17) is 9.47 Å². The molecule has 2 atom stereocenters. The van der Waals surface area contributed by atoms with Gasteiger partial charge in [0.2, 0.25) is 5.88 Å². The molecule has 3 rings (SSSR count). The predicted octanol–water partition coefficient (Wildman–Crippen LogP) is 2.48. The van der Waals surface area contributed by atoms with Gasteiger partial charge in [0.25, 0.3) is 0 Å². The van der Waals surface area contributed by atoms with Gasteiger partial charge in [-0.15, -0.1) is 0 Å². The minimum Gasteiger partial charge on any atom is -0.477 e. The second-order valence-electron chi connectivity index (χ2n) is 7.86. The molecule has 0 radical (unpaired) electrons. The van der Waals surface area contributed by atoms with E-state index in [9.17, 15) is 21.6 Å². The standard InChI is InChI=1S/C19H29F3N4O4S/c1-2-29-18-17(24-10-11-25-18)13-5-7-14(8-6-13)30-12-16-15(4-3-9-23-16)26-31(27,28)19(20,21)22/h10-11,13-16,23,26H,2-9,12H2,1H3/t13-,14+,15-,16-/m0/s1. The van der Waals surface area contributed by atoms with E-state index in [0.29, 0.717) is 31.9 Å². The number of sulfonamides is 1. The van der Waals surface area contributed by atoms with E-state index in [1.807, 2.05) is 6.92 Å². The topological polar surface area (TPSA) is 102 Å². The molecule has 31 heavy (non-hydrogen) atoms. The molecule has 0 aromatic carbocycles. The van der Waals surface area contributed by atoms with E-state index in [0.717, 1.165) is 31.4 Å². The van der Waals surface area contributed by atoms with Crippen molar-refractivity contribution in [3.8, 4) is 5.88 Å². The molecule has 1 aliphatic carbocycles. The van der Waals surface area contributed by atoms with Gasteiger partial charge < -0.3 is 14.8 Å². The van der Waals surface area contributed by atoms with Crippen LogP contribution in [-0.4, -0.2) is 61.8 Å². The Morgan fingerprint density at radius 1 is 1.16 bits per heavy atom. The molecule has 1 saturated heterocycles. The SMILES string of the molecule is CCOc1nccnc1[C@H]1CC[C@@H](OC[C@@H]2NCCC[C@@H]2NS(=O)(=O)C(F)(F)F)CC1. The average molecular weight is 467 g/mol. The normalized spacial score (nSPS) is 27.7. The van der Waals surface area contributed by atoms with Gasteiger partial charge >= 0.3 is 15.5 Å². The van der Waals surface area contributed by atoms with Gasteiger partial charge in [-0.3, -0.25) is 4.98 Å². The quantitative estimate of drug-likeness (QED) is 0.607. The van der Waals surface area contributed by atoms with E-state index < -0.39 is 27.6 Å². The number of halogens is 3. The predicted molar refractivity (Wildman–Crippen MR) is 107 cm³/mol. The Bertz CT molecular complexity index is 817. The maximum Gasteiger partial charge on any atom is 0.511 e. The highest BCUT2D eigenvalue weighted by molar-refractivity contribution is 7.90. The van der Waals surface area contributed by atoms with Crippen LogP contribution in [0.2, 0.25) is 0 Å². The van der Waals surface area contributed by atoms with Crippen molar-refractivity contribution >= 4 is 10.0 Å². The van der Waals surface area contributed by atoms with Crippen molar-refractivity contribution in [2.75, 3.05) is 19.8 Å². The molecule has 0 bridgehead atoms. The van der Waals surface area contributed by atoms with Crippen LogP contribution in [-0.2, 0) is 14.8 Å². The van der Waals surface area contributed by atoms with E-state index in [2.05, 4.69) is 15.3 Å². The highest BCUT2D eigenvalue weighted by atomic mass is 32.2. The van der Waals surface area contributed by atoms with Crippen LogP contribution in [0, 0.1) is 0 Å². The highest BCUT2D eigenvalue weighted by Crippen LogP contribution is 2.36. The molecule has 0 spiro atoms.